The van der Waals surface area contributed by atoms with E-state index in [1.54, 1.807) is 6.20 Å². The van der Waals surface area contributed by atoms with Gasteiger partial charge >= 0.3 is 0 Å². The summed E-state index contributed by atoms with van der Waals surface area (Å²) in [4.78, 5) is 18.9. The summed E-state index contributed by atoms with van der Waals surface area (Å²) in [6.07, 6.45) is 9.07. The number of rotatable bonds is 4. The van der Waals surface area contributed by atoms with Crippen molar-refractivity contribution in [1.29, 1.82) is 0 Å². The standard InChI is InChI=1S/C19H21N3O/c20-17(13-15-7-2-1-3-8-15)19(23)22-12-5-4-10-18(22)16-9-6-11-21-14-16/h1-9,11,14,17-18H,10,12-13,20H2/t17-,18?/m0/s1. The predicted octanol–water partition coefficient (Wildman–Crippen LogP) is 2.48. The van der Waals surface area contributed by atoms with Gasteiger partial charge < -0.3 is 10.6 Å². The number of hydrogen-bond donors (Lipinski definition) is 1. The van der Waals surface area contributed by atoms with Crippen LogP contribution in [0.4, 0.5) is 0 Å². The van der Waals surface area contributed by atoms with Crippen molar-refractivity contribution in [1.82, 2.24) is 9.88 Å². The highest BCUT2D eigenvalue weighted by Crippen LogP contribution is 2.27. The van der Waals surface area contributed by atoms with Gasteiger partial charge in [-0.05, 0) is 30.0 Å². The van der Waals surface area contributed by atoms with Gasteiger partial charge in [-0.2, -0.15) is 0 Å². The third-order valence-corrected chi connectivity index (χ3v) is 4.17. The van der Waals surface area contributed by atoms with E-state index < -0.39 is 6.04 Å². The Kier molecular flexibility index (Phi) is 4.83. The molecule has 2 atom stereocenters. The average molecular weight is 307 g/mol. The smallest absolute Gasteiger partial charge is 0.240 e. The van der Waals surface area contributed by atoms with Gasteiger partial charge in [-0.3, -0.25) is 9.78 Å². The molecule has 4 heteroatoms. The molecule has 0 radical (unpaired) electrons. The van der Waals surface area contributed by atoms with Crippen molar-refractivity contribution in [3.8, 4) is 0 Å². The highest BCUT2D eigenvalue weighted by Gasteiger charge is 2.29. The lowest BCUT2D eigenvalue weighted by atomic mass is 9.98. The van der Waals surface area contributed by atoms with Crippen molar-refractivity contribution in [3.05, 3.63) is 78.1 Å². The second kappa shape index (κ2) is 7.20. The maximum Gasteiger partial charge on any atom is 0.240 e. The molecule has 1 unspecified atom stereocenters. The molecule has 0 aliphatic carbocycles. The number of amides is 1. The number of nitrogens with two attached hydrogens (primary N) is 1. The first-order valence-electron chi connectivity index (χ1n) is 7.90. The van der Waals surface area contributed by atoms with E-state index >= 15 is 0 Å². The molecule has 2 aromatic rings. The van der Waals surface area contributed by atoms with Gasteiger partial charge in [0.15, 0.2) is 0 Å². The Labute approximate surface area is 136 Å². The average Bonchev–Trinajstić information content (AvgIpc) is 2.62. The van der Waals surface area contributed by atoms with E-state index in [4.69, 9.17) is 5.73 Å². The fourth-order valence-electron chi connectivity index (χ4n) is 2.97. The number of aromatic nitrogens is 1. The summed E-state index contributed by atoms with van der Waals surface area (Å²) in [6, 6.07) is 13.3. The molecular weight excluding hydrogens is 286 g/mol. The van der Waals surface area contributed by atoms with E-state index in [0.29, 0.717) is 13.0 Å². The van der Waals surface area contributed by atoms with Crippen LogP contribution in [0.25, 0.3) is 0 Å². The molecule has 0 fully saturated rings. The molecule has 0 saturated heterocycles. The van der Waals surface area contributed by atoms with Gasteiger partial charge in [0.1, 0.15) is 0 Å². The quantitative estimate of drug-likeness (QED) is 0.883. The maximum absolute atomic E-state index is 12.8. The fraction of sp³-hybridized carbons (Fsp3) is 0.263. The molecule has 3 rings (SSSR count). The van der Waals surface area contributed by atoms with Crippen molar-refractivity contribution < 1.29 is 4.79 Å². The van der Waals surface area contributed by atoms with Crippen LogP contribution in [0, 0.1) is 0 Å². The third-order valence-electron chi connectivity index (χ3n) is 4.17. The normalized spacial score (nSPS) is 18.7. The van der Waals surface area contributed by atoms with Crippen molar-refractivity contribution in [3.63, 3.8) is 0 Å². The van der Waals surface area contributed by atoms with Crippen LogP contribution in [-0.2, 0) is 11.2 Å². The monoisotopic (exact) mass is 307 g/mol. The molecule has 118 valence electrons. The van der Waals surface area contributed by atoms with Gasteiger partial charge in [-0.25, -0.2) is 0 Å². The van der Waals surface area contributed by atoms with E-state index in [1.165, 1.54) is 0 Å². The number of carbonyl (C=O) groups is 1. The van der Waals surface area contributed by atoms with Gasteiger partial charge in [0.25, 0.3) is 0 Å². The summed E-state index contributed by atoms with van der Waals surface area (Å²) in [5, 5.41) is 0. The van der Waals surface area contributed by atoms with Gasteiger partial charge in [-0.15, -0.1) is 0 Å². The second-order valence-corrected chi connectivity index (χ2v) is 5.80. The lowest BCUT2D eigenvalue weighted by Crippen LogP contribution is -2.47. The van der Waals surface area contributed by atoms with Crippen molar-refractivity contribution >= 4 is 5.91 Å². The summed E-state index contributed by atoms with van der Waals surface area (Å²) in [5.41, 5.74) is 8.32. The summed E-state index contributed by atoms with van der Waals surface area (Å²) < 4.78 is 0. The van der Waals surface area contributed by atoms with Crippen LogP contribution in [0.15, 0.2) is 67.0 Å². The Morgan fingerprint density at radius 3 is 2.78 bits per heavy atom. The van der Waals surface area contributed by atoms with Crippen LogP contribution in [0.5, 0.6) is 0 Å². The summed E-state index contributed by atoms with van der Waals surface area (Å²) in [6.45, 7) is 0.598. The third kappa shape index (κ3) is 3.66. The molecular formula is C19H21N3O. The number of pyridine rings is 1. The topological polar surface area (TPSA) is 59.2 Å². The highest BCUT2D eigenvalue weighted by atomic mass is 16.2. The molecule has 1 amide bonds. The van der Waals surface area contributed by atoms with Crippen LogP contribution in [0.1, 0.15) is 23.6 Å². The number of carbonyl (C=O) groups excluding carboxylic acids is 1. The van der Waals surface area contributed by atoms with Crippen LogP contribution in [0.2, 0.25) is 0 Å². The SMILES string of the molecule is N[C@@H](Cc1ccccc1)C(=O)N1CC=CCC1c1cccnc1. The van der Waals surface area contributed by atoms with E-state index in [-0.39, 0.29) is 11.9 Å². The number of nitrogens with zero attached hydrogens (tertiary/aromatic N) is 2. The lowest BCUT2D eigenvalue weighted by molar-refractivity contribution is -0.134. The Morgan fingerprint density at radius 1 is 1.22 bits per heavy atom. The van der Waals surface area contributed by atoms with Crippen LogP contribution >= 0.6 is 0 Å². The molecule has 0 spiro atoms. The van der Waals surface area contributed by atoms with E-state index in [1.807, 2.05) is 59.6 Å². The van der Waals surface area contributed by atoms with E-state index in [9.17, 15) is 4.79 Å². The second-order valence-electron chi connectivity index (χ2n) is 5.80. The highest BCUT2D eigenvalue weighted by molar-refractivity contribution is 5.82. The molecule has 0 bridgehead atoms. The molecule has 23 heavy (non-hydrogen) atoms. The van der Waals surface area contributed by atoms with Gasteiger partial charge in [0.05, 0.1) is 12.1 Å². The Morgan fingerprint density at radius 2 is 2.04 bits per heavy atom. The zero-order chi connectivity index (χ0) is 16.1. The zero-order valence-corrected chi connectivity index (χ0v) is 13.0. The minimum Gasteiger partial charge on any atom is -0.330 e. The fourth-order valence-corrected chi connectivity index (χ4v) is 2.97. The van der Waals surface area contributed by atoms with E-state index in [0.717, 1.165) is 17.5 Å². The van der Waals surface area contributed by atoms with Crippen molar-refractivity contribution in [2.45, 2.75) is 24.9 Å². The molecule has 0 saturated carbocycles. The summed E-state index contributed by atoms with van der Waals surface area (Å²) in [5.74, 6) is -0.00736. The lowest BCUT2D eigenvalue weighted by Gasteiger charge is -2.35. The largest absolute Gasteiger partial charge is 0.330 e. The van der Waals surface area contributed by atoms with Crippen LogP contribution in [0.3, 0.4) is 0 Å². The molecule has 1 aliphatic rings. The molecule has 1 aliphatic heterocycles. The summed E-state index contributed by atoms with van der Waals surface area (Å²) in [7, 11) is 0. The number of hydrogen-bond acceptors (Lipinski definition) is 3. The van der Waals surface area contributed by atoms with Gasteiger partial charge in [0.2, 0.25) is 5.91 Å². The minimum atomic E-state index is -0.525. The first-order chi connectivity index (χ1) is 11.3. The molecule has 1 aromatic carbocycles. The maximum atomic E-state index is 12.8. The summed E-state index contributed by atoms with van der Waals surface area (Å²) >= 11 is 0. The first kappa shape index (κ1) is 15.4. The van der Waals surface area contributed by atoms with Crippen LogP contribution < -0.4 is 5.73 Å². The zero-order valence-electron chi connectivity index (χ0n) is 13.0. The molecule has 1 aromatic heterocycles. The first-order valence-corrected chi connectivity index (χ1v) is 7.90. The van der Waals surface area contributed by atoms with Crippen molar-refractivity contribution in [2.75, 3.05) is 6.54 Å². The Balaban J connectivity index is 1.75. The number of benzene rings is 1. The molecule has 2 N–H and O–H groups in total. The predicted molar refractivity (Wildman–Crippen MR) is 90.6 cm³/mol. The van der Waals surface area contributed by atoms with E-state index in [2.05, 4.69) is 11.1 Å². The molecule has 2 heterocycles. The van der Waals surface area contributed by atoms with Crippen LogP contribution in [-0.4, -0.2) is 28.4 Å². The van der Waals surface area contributed by atoms with Crippen molar-refractivity contribution in [2.24, 2.45) is 5.73 Å². The molecule has 4 nitrogen and oxygen atoms in total. The van der Waals surface area contributed by atoms with Gasteiger partial charge in [0, 0.05) is 18.9 Å². The minimum absolute atomic E-state index is 0.00736. The van der Waals surface area contributed by atoms with Gasteiger partial charge in [-0.1, -0.05) is 48.6 Å². The Hall–Kier alpha value is -2.46. The Bertz CT molecular complexity index is 670.